The van der Waals surface area contributed by atoms with Crippen LogP contribution in [0.1, 0.15) is 0 Å². The van der Waals surface area contributed by atoms with Crippen molar-refractivity contribution in [2.45, 2.75) is 11.0 Å². The molecule has 136 valence electrons. The standard InChI is InChI=1S/C16H20N2O5S2/c1-17(10-16(19)20)8-12-9-18(6-7-23-12)25(21,22)15-11-24-14-5-3-2-4-13(14)15/h2-5,11-12H,6-10H2,1H3,(H,19,20). The van der Waals surface area contributed by atoms with Crippen LogP contribution in [0.3, 0.4) is 0 Å². The predicted octanol–water partition coefficient (Wildman–Crippen LogP) is 1.31. The molecule has 0 saturated carbocycles. The fraction of sp³-hybridized carbons (Fsp3) is 0.438. The van der Waals surface area contributed by atoms with Gasteiger partial charge in [-0.2, -0.15) is 4.31 Å². The Balaban J connectivity index is 1.77. The summed E-state index contributed by atoms with van der Waals surface area (Å²) in [5.41, 5.74) is 0. The van der Waals surface area contributed by atoms with Crippen molar-refractivity contribution in [1.82, 2.24) is 9.21 Å². The Kier molecular flexibility index (Phi) is 5.40. The first-order valence-electron chi connectivity index (χ1n) is 7.86. The van der Waals surface area contributed by atoms with Gasteiger partial charge in [0.05, 0.1) is 19.3 Å². The van der Waals surface area contributed by atoms with Gasteiger partial charge in [0, 0.05) is 35.1 Å². The Morgan fingerprint density at radius 1 is 1.44 bits per heavy atom. The summed E-state index contributed by atoms with van der Waals surface area (Å²) in [5.74, 6) is -0.924. The van der Waals surface area contributed by atoms with Gasteiger partial charge in [0.1, 0.15) is 4.90 Å². The molecule has 1 atom stereocenters. The number of hydrogen-bond acceptors (Lipinski definition) is 6. The highest BCUT2D eigenvalue weighted by Crippen LogP contribution is 2.31. The minimum Gasteiger partial charge on any atom is -0.480 e. The van der Waals surface area contributed by atoms with Crippen LogP contribution in [0.2, 0.25) is 0 Å². The zero-order valence-electron chi connectivity index (χ0n) is 13.8. The molecule has 1 aromatic heterocycles. The van der Waals surface area contributed by atoms with E-state index in [1.54, 1.807) is 17.3 Å². The molecule has 2 aromatic rings. The van der Waals surface area contributed by atoms with Crippen LogP contribution < -0.4 is 0 Å². The molecule has 0 amide bonds. The molecule has 7 nitrogen and oxygen atoms in total. The van der Waals surface area contributed by atoms with Crippen LogP contribution in [0, 0.1) is 0 Å². The van der Waals surface area contributed by atoms with Crippen molar-refractivity contribution in [1.29, 1.82) is 0 Å². The molecule has 0 bridgehead atoms. The number of thiophene rings is 1. The number of aliphatic carboxylic acids is 1. The number of benzene rings is 1. The summed E-state index contributed by atoms with van der Waals surface area (Å²) in [5, 5.41) is 11.2. The summed E-state index contributed by atoms with van der Waals surface area (Å²) < 4.78 is 34.1. The Morgan fingerprint density at radius 2 is 2.20 bits per heavy atom. The molecule has 1 fully saturated rings. The van der Waals surface area contributed by atoms with E-state index in [2.05, 4.69) is 0 Å². The topological polar surface area (TPSA) is 87.2 Å². The van der Waals surface area contributed by atoms with E-state index in [1.165, 1.54) is 15.6 Å². The molecule has 0 spiro atoms. The van der Waals surface area contributed by atoms with E-state index in [4.69, 9.17) is 9.84 Å². The number of hydrogen-bond donors (Lipinski definition) is 1. The van der Waals surface area contributed by atoms with E-state index >= 15 is 0 Å². The first-order chi connectivity index (χ1) is 11.9. The Morgan fingerprint density at radius 3 is 2.96 bits per heavy atom. The average molecular weight is 384 g/mol. The van der Waals surface area contributed by atoms with Gasteiger partial charge in [-0.1, -0.05) is 18.2 Å². The van der Waals surface area contributed by atoms with Crippen molar-refractivity contribution >= 4 is 37.4 Å². The van der Waals surface area contributed by atoms with Gasteiger partial charge in [0.15, 0.2) is 0 Å². The second-order valence-corrected chi connectivity index (χ2v) is 8.86. The van der Waals surface area contributed by atoms with E-state index < -0.39 is 16.0 Å². The summed E-state index contributed by atoms with van der Waals surface area (Å²) in [6, 6.07) is 7.44. The Bertz CT molecular complexity index is 864. The zero-order chi connectivity index (χ0) is 18.0. The van der Waals surface area contributed by atoms with Gasteiger partial charge in [0.25, 0.3) is 0 Å². The van der Waals surface area contributed by atoms with Crippen LogP contribution in [0.4, 0.5) is 0 Å². The number of sulfonamides is 1. The van der Waals surface area contributed by atoms with Crippen molar-refractivity contribution in [2.24, 2.45) is 0 Å². The normalized spacial score (nSPS) is 19.5. The Labute approximate surface area is 150 Å². The third kappa shape index (κ3) is 4.01. The fourth-order valence-electron chi connectivity index (χ4n) is 2.96. The highest BCUT2D eigenvalue weighted by Gasteiger charge is 2.32. The van der Waals surface area contributed by atoms with Crippen LogP contribution in [-0.2, 0) is 19.6 Å². The quantitative estimate of drug-likeness (QED) is 0.808. The van der Waals surface area contributed by atoms with E-state index in [1.807, 2.05) is 24.3 Å². The summed E-state index contributed by atoms with van der Waals surface area (Å²) in [6.45, 7) is 1.07. The third-order valence-corrected chi connectivity index (χ3v) is 7.10. The van der Waals surface area contributed by atoms with Gasteiger partial charge >= 0.3 is 5.97 Å². The molecule has 1 N–H and O–H groups in total. The largest absolute Gasteiger partial charge is 0.480 e. The molecule has 2 heterocycles. The van der Waals surface area contributed by atoms with E-state index in [0.717, 1.165) is 10.1 Å². The molecule has 1 saturated heterocycles. The van der Waals surface area contributed by atoms with Crippen molar-refractivity contribution in [3.8, 4) is 0 Å². The number of nitrogens with zero attached hydrogens (tertiary/aromatic N) is 2. The lowest BCUT2D eigenvalue weighted by molar-refractivity contribution is -0.138. The molecule has 0 radical (unpaired) electrons. The molecule has 9 heteroatoms. The number of fused-ring (bicyclic) bond motifs is 1. The summed E-state index contributed by atoms with van der Waals surface area (Å²) in [7, 11) is -1.93. The maximum atomic E-state index is 13.0. The minimum absolute atomic E-state index is 0.109. The van der Waals surface area contributed by atoms with Crippen LogP contribution in [-0.4, -0.2) is 74.6 Å². The van der Waals surface area contributed by atoms with Gasteiger partial charge in [-0.3, -0.25) is 9.69 Å². The second-order valence-electron chi connectivity index (χ2n) is 6.04. The zero-order valence-corrected chi connectivity index (χ0v) is 15.4. The molecule has 1 unspecified atom stereocenters. The summed E-state index contributed by atoms with van der Waals surface area (Å²) in [4.78, 5) is 12.7. The average Bonchev–Trinajstić information content (AvgIpc) is 2.99. The van der Waals surface area contributed by atoms with Gasteiger partial charge in [-0.05, 0) is 13.1 Å². The van der Waals surface area contributed by atoms with Crippen LogP contribution in [0.25, 0.3) is 10.1 Å². The number of carboxylic acid groups (broad SMARTS) is 1. The molecule has 25 heavy (non-hydrogen) atoms. The Hall–Kier alpha value is -1.52. The van der Waals surface area contributed by atoms with E-state index in [-0.39, 0.29) is 19.2 Å². The number of ether oxygens (including phenoxy) is 1. The highest BCUT2D eigenvalue weighted by molar-refractivity contribution is 7.89. The van der Waals surface area contributed by atoms with Gasteiger partial charge in [-0.15, -0.1) is 11.3 Å². The molecule has 1 aromatic carbocycles. The van der Waals surface area contributed by atoms with Crippen molar-refractivity contribution < 1.29 is 23.1 Å². The molecule has 0 aliphatic carbocycles. The van der Waals surface area contributed by atoms with Crippen molar-refractivity contribution in [3.05, 3.63) is 29.6 Å². The SMILES string of the molecule is CN(CC(=O)O)CC1CN(S(=O)(=O)c2csc3ccccc23)CCO1. The van der Waals surface area contributed by atoms with Gasteiger partial charge in [0.2, 0.25) is 10.0 Å². The first-order valence-corrected chi connectivity index (χ1v) is 10.2. The fourth-order valence-corrected chi connectivity index (χ4v) is 5.89. The number of carbonyl (C=O) groups is 1. The smallest absolute Gasteiger partial charge is 0.317 e. The number of carboxylic acids is 1. The first kappa shape index (κ1) is 18.3. The lowest BCUT2D eigenvalue weighted by Gasteiger charge is -2.33. The van der Waals surface area contributed by atoms with Crippen LogP contribution >= 0.6 is 11.3 Å². The van der Waals surface area contributed by atoms with Crippen LogP contribution in [0.15, 0.2) is 34.5 Å². The molecule has 1 aliphatic heterocycles. The monoisotopic (exact) mass is 384 g/mol. The van der Waals surface area contributed by atoms with Crippen molar-refractivity contribution in [3.63, 3.8) is 0 Å². The maximum Gasteiger partial charge on any atom is 0.317 e. The third-order valence-electron chi connectivity index (χ3n) is 4.09. The van der Waals surface area contributed by atoms with Crippen molar-refractivity contribution in [2.75, 3.05) is 39.8 Å². The second kappa shape index (κ2) is 7.38. The summed E-state index contributed by atoms with van der Waals surface area (Å²) >= 11 is 1.41. The van der Waals surface area contributed by atoms with E-state index in [0.29, 0.717) is 24.6 Å². The maximum absolute atomic E-state index is 13.0. The number of morpholine rings is 1. The number of rotatable bonds is 6. The van der Waals surface area contributed by atoms with Gasteiger partial charge in [-0.25, -0.2) is 8.42 Å². The predicted molar refractivity (Wildman–Crippen MR) is 95.5 cm³/mol. The van der Waals surface area contributed by atoms with E-state index in [9.17, 15) is 13.2 Å². The molecular weight excluding hydrogens is 364 g/mol. The van der Waals surface area contributed by atoms with Gasteiger partial charge < -0.3 is 9.84 Å². The highest BCUT2D eigenvalue weighted by atomic mass is 32.2. The molecule has 3 rings (SSSR count). The molecule has 1 aliphatic rings. The number of likely N-dealkylation sites (N-methyl/N-ethyl adjacent to an activating group) is 1. The lowest BCUT2D eigenvalue weighted by atomic mass is 10.3. The minimum atomic E-state index is -3.61. The molecular formula is C16H20N2O5S2. The van der Waals surface area contributed by atoms with Crippen LogP contribution in [0.5, 0.6) is 0 Å². The summed E-state index contributed by atoms with van der Waals surface area (Å²) in [6.07, 6.45) is -0.349. The lowest BCUT2D eigenvalue weighted by Crippen LogP contribution is -2.49.